The lowest BCUT2D eigenvalue weighted by molar-refractivity contribution is 0.395. The van der Waals surface area contributed by atoms with Crippen molar-refractivity contribution < 1.29 is 0 Å². The quantitative estimate of drug-likeness (QED) is 0.336. The average Bonchev–Trinajstić information content (AvgIpc) is 3.52. The Balaban J connectivity index is 1.64. The molecular formula is C28H34N8. The van der Waals surface area contributed by atoms with Crippen LogP contribution in [-0.2, 0) is 0 Å². The first-order valence-corrected chi connectivity index (χ1v) is 12.3. The molecule has 0 bridgehead atoms. The van der Waals surface area contributed by atoms with Crippen molar-refractivity contribution in [2.45, 2.75) is 67.7 Å². The molecule has 36 heavy (non-hydrogen) atoms. The molecule has 0 fully saturated rings. The summed E-state index contributed by atoms with van der Waals surface area (Å²) >= 11 is 0. The molecule has 0 atom stereocenters. The van der Waals surface area contributed by atoms with Gasteiger partial charge in [0.05, 0.1) is 22.8 Å². The maximum atomic E-state index is 4.82. The smallest absolute Gasteiger partial charge is 0.169 e. The zero-order chi connectivity index (χ0) is 25.7. The Kier molecular flexibility index (Phi) is 5.90. The highest BCUT2D eigenvalue weighted by Crippen LogP contribution is 2.28. The van der Waals surface area contributed by atoms with E-state index < -0.39 is 0 Å². The van der Waals surface area contributed by atoms with Crippen LogP contribution in [0.2, 0.25) is 0 Å². The highest BCUT2D eigenvalue weighted by Gasteiger charge is 2.25. The number of rotatable bonds is 6. The fourth-order valence-electron chi connectivity index (χ4n) is 5.19. The third-order valence-corrected chi connectivity index (χ3v) is 6.64. The van der Waals surface area contributed by atoms with Crippen LogP contribution in [0.5, 0.6) is 0 Å². The lowest BCUT2D eigenvalue weighted by Crippen LogP contribution is -2.25. The molecule has 0 N–H and O–H groups in total. The first kappa shape index (κ1) is 23.8. The van der Waals surface area contributed by atoms with Gasteiger partial charge in [-0.3, -0.25) is 0 Å². The van der Waals surface area contributed by atoms with Crippen LogP contribution >= 0.6 is 0 Å². The van der Waals surface area contributed by atoms with Gasteiger partial charge >= 0.3 is 0 Å². The molecule has 8 nitrogen and oxygen atoms in total. The number of benzene rings is 1. The minimum Gasteiger partial charge on any atom is -0.240 e. The van der Waals surface area contributed by atoms with Crippen molar-refractivity contribution >= 4 is 0 Å². The molecule has 5 rings (SSSR count). The van der Waals surface area contributed by atoms with Gasteiger partial charge in [0.2, 0.25) is 0 Å². The Hall–Kier alpha value is -3.94. The van der Waals surface area contributed by atoms with Crippen LogP contribution in [0.15, 0.2) is 48.5 Å². The molecule has 4 aromatic heterocycles. The van der Waals surface area contributed by atoms with Crippen LogP contribution in [0.1, 0.15) is 69.0 Å². The van der Waals surface area contributed by atoms with E-state index in [2.05, 4.69) is 95.0 Å². The van der Waals surface area contributed by atoms with Gasteiger partial charge in [-0.15, -0.1) is 0 Å². The molecule has 0 radical (unpaired) electrons. The third kappa shape index (κ3) is 4.17. The molecule has 0 aliphatic carbocycles. The molecule has 0 aliphatic heterocycles. The summed E-state index contributed by atoms with van der Waals surface area (Å²) in [5.41, 5.74) is 10.6. The molecule has 5 aromatic rings. The van der Waals surface area contributed by atoms with Gasteiger partial charge in [-0.25, -0.2) is 18.7 Å². The van der Waals surface area contributed by atoms with Crippen molar-refractivity contribution in [2.75, 3.05) is 0 Å². The topological polar surface area (TPSA) is 71.3 Å². The van der Waals surface area contributed by atoms with E-state index >= 15 is 0 Å². The normalized spacial score (nSPS) is 11.8. The van der Waals surface area contributed by atoms with Gasteiger partial charge in [-0.2, -0.15) is 20.4 Å². The number of hydrogen-bond acceptors (Lipinski definition) is 4. The average molecular weight is 483 g/mol. The number of aromatic nitrogens is 8. The van der Waals surface area contributed by atoms with E-state index in [1.807, 2.05) is 27.7 Å². The number of nitrogens with zero attached hydrogens (tertiary/aromatic N) is 8. The Bertz CT molecular complexity index is 1320. The van der Waals surface area contributed by atoms with Crippen LogP contribution in [0.4, 0.5) is 0 Å². The second-order valence-corrected chi connectivity index (χ2v) is 9.90. The van der Waals surface area contributed by atoms with E-state index in [0.29, 0.717) is 0 Å². The van der Waals surface area contributed by atoms with Crippen LogP contribution in [0, 0.1) is 55.4 Å². The summed E-state index contributed by atoms with van der Waals surface area (Å²) in [7, 11) is 0. The standard InChI is InChI=1S/C28H34N8/c1-17-13-21(5)33(29-17)27(34-22(6)14-18(2)30-34)25-9-11-26(12-10-25)28(35-23(7)15-19(3)31-35)36-24(8)16-20(4)32-36/h9-16,27-28H,1-8H3. The molecule has 0 unspecified atom stereocenters. The Morgan fingerprint density at radius 3 is 0.806 bits per heavy atom. The van der Waals surface area contributed by atoms with Gasteiger partial charge < -0.3 is 0 Å². The first-order chi connectivity index (χ1) is 17.1. The van der Waals surface area contributed by atoms with Crippen LogP contribution < -0.4 is 0 Å². The van der Waals surface area contributed by atoms with Crippen molar-refractivity contribution in [1.82, 2.24) is 39.1 Å². The van der Waals surface area contributed by atoms with Crippen molar-refractivity contribution in [3.05, 3.63) is 105 Å². The zero-order valence-electron chi connectivity index (χ0n) is 22.4. The minimum absolute atomic E-state index is 0.178. The molecular weight excluding hydrogens is 448 g/mol. The molecule has 0 saturated heterocycles. The van der Waals surface area contributed by atoms with Crippen molar-refractivity contribution in [1.29, 1.82) is 0 Å². The summed E-state index contributed by atoms with van der Waals surface area (Å²) in [5, 5.41) is 19.3. The van der Waals surface area contributed by atoms with Crippen molar-refractivity contribution in [2.24, 2.45) is 0 Å². The molecule has 4 heterocycles. The summed E-state index contributed by atoms with van der Waals surface area (Å²) < 4.78 is 8.24. The van der Waals surface area contributed by atoms with E-state index in [0.717, 1.165) is 56.7 Å². The van der Waals surface area contributed by atoms with E-state index in [-0.39, 0.29) is 12.3 Å². The van der Waals surface area contributed by atoms with Crippen LogP contribution in [-0.4, -0.2) is 39.1 Å². The molecule has 1 aromatic carbocycles. The Morgan fingerprint density at radius 2 is 0.639 bits per heavy atom. The largest absolute Gasteiger partial charge is 0.240 e. The molecule has 8 heteroatoms. The molecule has 0 saturated carbocycles. The zero-order valence-corrected chi connectivity index (χ0v) is 22.4. The first-order valence-electron chi connectivity index (χ1n) is 12.3. The van der Waals surface area contributed by atoms with Crippen LogP contribution in [0.25, 0.3) is 0 Å². The van der Waals surface area contributed by atoms with Gasteiger partial charge in [0, 0.05) is 22.8 Å². The van der Waals surface area contributed by atoms with Gasteiger partial charge in [-0.1, -0.05) is 24.3 Å². The van der Waals surface area contributed by atoms with E-state index in [1.165, 1.54) is 0 Å². The van der Waals surface area contributed by atoms with Gasteiger partial charge in [0.15, 0.2) is 12.3 Å². The lowest BCUT2D eigenvalue weighted by Gasteiger charge is -2.24. The van der Waals surface area contributed by atoms with Crippen LogP contribution in [0.3, 0.4) is 0 Å². The minimum atomic E-state index is -0.178. The van der Waals surface area contributed by atoms with Gasteiger partial charge in [-0.05, 0) is 90.8 Å². The summed E-state index contributed by atoms with van der Waals surface area (Å²) in [5.74, 6) is 0. The second-order valence-electron chi connectivity index (χ2n) is 9.90. The summed E-state index contributed by atoms with van der Waals surface area (Å²) in [6, 6.07) is 17.1. The SMILES string of the molecule is Cc1cc(C)n(C(c2ccc(C(n3nc(C)cc3C)n3nc(C)cc3C)cc2)n2nc(C)cc2C)n1. The fraction of sp³-hybridized carbons (Fsp3) is 0.357. The summed E-state index contributed by atoms with van der Waals surface area (Å²) in [4.78, 5) is 0. The highest BCUT2D eigenvalue weighted by molar-refractivity contribution is 5.31. The molecule has 0 spiro atoms. The predicted octanol–water partition coefficient (Wildman–Crippen LogP) is 5.13. The Labute approximate surface area is 212 Å². The van der Waals surface area contributed by atoms with E-state index in [9.17, 15) is 0 Å². The summed E-state index contributed by atoms with van der Waals surface area (Å²) in [6.07, 6.45) is -0.357. The maximum absolute atomic E-state index is 4.82. The lowest BCUT2D eigenvalue weighted by atomic mass is 10.1. The van der Waals surface area contributed by atoms with Crippen molar-refractivity contribution in [3.63, 3.8) is 0 Å². The molecule has 186 valence electrons. The van der Waals surface area contributed by atoms with Gasteiger partial charge in [0.1, 0.15) is 0 Å². The highest BCUT2D eigenvalue weighted by atomic mass is 15.5. The van der Waals surface area contributed by atoms with E-state index in [4.69, 9.17) is 20.4 Å². The molecule has 0 amide bonds. The number of aryl methyl sites for hydroxylation is 8. The molecule has 0 aliphatic rings. The third-order valence-electron chi connectivity index (χ3n) is 6.64. The second kappa shape index (κ2) is 8.93. The Morgan fingerprint density at radius 1 is 0.417 bits per heavy atom. The predicted molar refractivity (Wildman–Crippen MR) is 140 cm³/mol. The number of hydrogen-bond donors (Lipinski definition) is 0. The van der Waals surface area contributed by atoms with Crippen molar-refractivity contribution in [3.8, 4) is 0 Å². The fourth-order valence-corrected chi connectivity index (χ4v) is 5.19. The summed E-state index contributed by atoms with van der Waals surface area (Å²) in [6.45, 7) is 16.5. The van der Waals surface area contributed by atoms with Gasteiger partial charge in [0.25, 0.3) is 0 Å². The maximum Gasteiger partial charge on any atom is 0.169 e. The monoisotopic (exact) mass is 482 g/mol. The van der Waals surface area contributed by atoms with E-state index in [1.54, 1.807) is 0 Å².